The molecule has 4 fully saturated rings. The number of fused-ring (bicyclic) bond motifs is 5. The summed E-state index contributed by atoms with van der Waals surface area (Å²) in [6.45, 7) is 4.81. The van der Waals surface area contributed by atoms with Crippen molar-refractivity contribution < 1.29 is 9.52 Å². The van der Waals surface area contributed by atoms with E-state index in [9.17, 15) is 9.90 Å². The first-order valence-electron chi connectivity index (χ1n) is 11.3. The summed E-state index contributed by atoms with van der Waals surface area (Å²) >= 11 is 0. The molecule has 1 aromatic rings. The largest absolute Gasteiger partial charge is 0.431 e. The van der Waals surface area contributed by atoms with Gasteiger partial charge in [0.15, 0.2) is 0 Å². The number of hydrogen-bond acceptors (Lipinski definition) is 4. The van der Waals surface area contributed by atoms with E-state index in [-0.39, 0.29) is 17.0 Å². The van der Waals surface area contributed by atoms with E-state index in [1.165, 1.54) is 31.7 Å². The van der Waals surface area contributed by atoms with Gasteiger partial charge in [-0.25, -0.2) is 4.79 Å². The van der Waals surface area contributed by atoms with Crippen molar-refractivity contribution >= 4 is 0 Å². The molecule has 5 rings (SSSR count). The van der Waals surface area contributed by atoms with Crippen molar-refractivity contribution in [3.8, 4) is 0 Å². The fraction of sp³-hybridized carbons (Fsp3) is 0.792. The van der Waals surface area contributed by atoms with Crippen LogP contribution in [0.3, 0.4) is 0 Å². The minimum absolute atomic E-state index is 0.137. The molecule has 0 aromatic carbocycles. The summed E-state index contributed by atoms with van der Waals surface area (Å²) < 4.78 is 5.18. The van der Waals surface area contributed by atoms with Gasteiger partial charge < -0.3 is 15.3 Å². The molecule has 1 aromatic heterocycles. The second-order valence-corrected chi connectivity index (χ2v) is 10.9. The van der Waals surface area contributed by atoms with Gasteiger partial charge in [-0.15, -0.1) is 0 Å². The highest BCUT2D eigenvalue weighted by molar-refractivity contribution is 5.27. The summed E-state index contributed by atoms with van der Waals surface area (Å²) in [7, 11) is 0. The summed E-state index contributed by atoms with van der Waals surface area (Å²) in [6.07, 6.45) is 11.6. The molecule has 8 atom stereocenters. The van der Waals surface area contributed by atoms with Crippen LogP contribution in [-0.2, 0) is 0 Å². The summed E-state index contributed by atoms with van der Waals surface area (Å²) in [4.78, 5) is 11.4. The van der Waals surface area contributed by atoms with Gasteiger partial charge in [-0.05, 0) is 98.5 Å². The summed E-state index contributed by atoms with van der Waals surface area (Å²) in [5, 5.41) is 12.2. The molecule has 28 heavy (non-hydrogen) atoms. The molecule has 0 spiro atoms. The van der Waals surface area contributed by atoms with Crippen molar-refractivity contribution in [2.75, 3.05) is 0 Å². The Hall–Kier alpha value is -1.13. The maximum Gasteiger partial charge on any atom is 0.335 e. The highest BCUT2D eigenvalue weighted by Crippen LogP contribution is 2.70. The molecular weight excluding hydrogens is 350 g/mol. The van der Waals surface area contributed by atoms with Crippen LogP contribution in [0.2, 0.25) is 0 Å². The van der Waals surface area contributed by atoms with Crippen molar-refractivity contribution in [3.05, 3.63) is 34.4 Å². The second-order valence-electron chi connectivity index (χ2n) is 10.9. The first-order chi connectivity index (χ1) is 13.3. The van der Waals surface area contributed by atoms with Crippen molar-refractivity contribution in [2.24, 2.45) is 34.3 Å². The molecule has 1 unspecified atom stereocenters. The molecule has 154 valence electrons. The zero-order chi connectivity index (χ0) is 19.7. The van der Waals surface area contributed by atoms with Gasteiger partial charge in [0, 0.05) is 17.5 Å². The van der Waals surface area contributed by atoms with E-state index in [2.05, 4.69) is 13.8 Å². The number of nitrogens with two attached hydrogens (primary N) is 1. The topological polar surface area (TPSA) is 76.5 Å². The SMILES string of the molecule is C[C@]12CC[C@H](N)C[C@H]1CCC1[C@@H]2CC[C@]2(C)[C@@H](c3ccc(=O)oc3)CC[C@]12O. The van der Waals surface area contributed by atoms with E-state index in [1.807, 2.05) is 6.07 Å². The van der Waals surface area contributed by atoms with Crippen LogP contribution in [0, 0.1) is 28.6 Å². The Labute approximate surface area is 167 Å². The smallest absolute Gasteiger partial charge is 0.335 e. The molecule has 4 aliphatic carbocycles. The molecule has 4 saturated carbocycles. The van der Waals surface area contributed by atoms with Crippen molar-refractivity contribution in [1.29, 1.82) is 0 Å². The predicted octanol–water partition coefficient (Wildman–Crippen LogP) is 4.21. The van der Waals surface area contributed by atoms with Gasteiger partial charge in [0.05, 0.1) is 11.9 Å². The van der Waals surface area contributed by atoms with Gasteiger partial charge >= 0.3 is 5.63 Å². The third-order valence-corrected chi connectivity index (χ3v) is 10.0. The first kappa shape index (κ1) is 18.9. The van der Waals surface area contributed by atoms with Crippen LogP contribution in [0.4, 0.5) is 0 Å². The molecule has 3 N–H and O–H groups in total. The Bertz CT molecular complexity index is 800. The molecular formula is C24H35NO3. The zero-order valence-electron chi connectivity index (χ0n) is 17.3. The molecule has 0 aliphatic heterocycles. The fourth-order valence-electron chi connectivity index (χ4n) is 8.36. The Morgan fingerprint density at radius 2 is 1.86 bits per heavy atom. The quantitative estimate of drug-likeness (QED) is 0.759. The van der Waals surface area contributed by atoms with Gasteiger partial charge in [-0.1, -0.05) is 13.8 Å². The summed E-state index contributed by atoms with van der Waals surface area (Å²) in [5.41, 5.74) is 6.70. The molecule has 0 radical (unpaired) electrons. The number of aliphatic hydroxyl groups is 1. The molecule has 0 amide bonds. The lowest BCUT2D eigenvalue weighted by molar-refractivity contribution is -0.201. The third-order valence-electron chi connectivity index (χ3n) is 10.0. The Morgan fingerprint density at radius 3 is 2.61 bits per heavy atom. The lowest BCUT2D eigenvalue weighted by atomic mass is 9.43. The third kappa shape index (κ3) is 2.40. The molecule has 0 saturated heterocycles. The average molecular weight is 386 g/mol. The van der Waals surface area contributed by atoms with Gasteiger partial charge in [-0.2, -0.15) is 0 Å². The monoisotopic (exact) mass is 385 g/mol. The molecule has 1 heterocycles. The van der Waals surface area contributed by atoms with Gasteiger partial charge in [-0.3, -0.25) is 0 Å². The van der Waals surface area contributed by atoms with Gasteiger partial charge in [0.1, 0.15) is 0 Å². The van der Waals surface area contributed by atoms with Crippen molar-refractivity contribution in [2.45, 2.75) is 89.2 Å². The highest BCUT2D eigenvalue weighted by Gasteiger charge is 2.67. The second kappa shape index (κ2) is 6.18. The van der Waals surface area contributed by atoms with Crippen LogP contribution < -0.4 is 11.4 Å². The van der Waals surface area contributed by atoms with Crippen LogP contribution in [-0.4, -0.2) is 16.7 Å². The minimum atomic E-state index is -0.607. The molecule has 4 nitrogen and oxygen atoms in total. The number of rotatable bonds is 1. The minimum Gasteiger partial charge on any atom is -0.431 e. The standard InChI is InChI=1S/C24H35NO3/c1-22-10-7-17(25)13-16(22)4-5-20-19(22)8-11-23(2)18(9-12-24(20,23)27)15-3-6-21(26)28-14-15/h3,6,14,16-20,27H,4-5,7-13,25H2,1-2H3/t16-,17+,18-,19+,20?,22+,23-,24+/m1/s1. The molecule has 4 aliphatic rings. The molecule has 4 heteroatoms. The van der Waals surface area contributed by atoms with Crippen LogP contribution in [0.5, 0.6) is 0 Å². The molecule has 0 bridgehead atoms. The van der Waals surface area contributed by atoms with Gasteiger partial charge in [0.2, 0.25) is 0 Å². The first-order valence-corrected chi connectivity index (χ1v) is 11.3. The Balaban J connectivity index is 1.48. The fourth-order valence-corrected chi connectivity index (χ4v) is 8.36. The van der Waals surface area contributed by atoms with Gasteiger partial charge in [0.25, 0.3) is 0 Å². The average Bonchev–Trinajstić information content (AvgIpc) is 2.95. The van der Waals surface area contributed by atoms with E-state index in [1.54, 1.807) is 6.26 Å². The highest BCUT2D eigenvalue weighted by atomic mass is 16.4. The summed E-state index contributed by atoms with van der Waals surface area (Å²) in [6, 6.07) is 3.81. The Kier molecular flexibility index (Phi) is 4.17. The van der Waals surface area contributed by atoms with E-state index >= 15 is 0 Å². The van der Waals surface area contributed by atoms with Crippen LogP contribution >= 0.6 is 0 Å². The number of hydrogen-bond donors (Lipinski definition) is 2. The normalized spacial score (nSPS) is 50.5. The van der Waals surface area contributed by atoms with Crippen LogP contribution in [0.15, 0.2) is 27.6 Å². The van der Waals surface area contributed by atoms with E-state index in [4.69, 9.17) is 10.2 Å². The van der Waals surface area contributed by atoms with Crippen LogP contribution in [0.25, 0.3) is 0 Å². The van der Waals surface area contributed by atoms with Crippen molar-refractivity contribution in [1.82, 2.24) is 0 Å². The lowest BCUT2D eigenvalue weighted by Gasteiger charge is -2.63. The van der Waals surface area contributed by atoms with Crippen LogP contribution in [0.1, 0.15) is 83.1 Å². The van der Waals surface area contributed by atoms with E-state index in [0.29, 0.717) is 23.3 Å². The Morgan fingerprint density at radius 1 is 1.04 bits per heavy atom. The summed E-state index contributed by atoms with van der Waals surface area (Å²) in [5.74, 6) is 2.01. The maximum absolute atomic E-state index is 12.2. The lowest BCUT2D eigenvalue weighted by Crippen LogP contribution is -2.62. The predicted molar refractivity (Wildman–Crippen MR) is 109 cm³/mol. The zero-order valence-corrected chi connectivity index (χ0v) is 17.3. The van der Waals surface area contributed by atoms with E-state index < -0.39 is 5.60 Å². The van der Waals surface area contributed by atoms with Crippen molar-refractivity contribution in [3.63, 3.8) is 0 Å². The maximum atomic E-state index is 12.2. The van der Waals surface area contributed by atoms with E-state index in [0.717, 1.165) is 43.6 Å².